The van der Waals surface area contributed by atoms with E-state index in [1.54, 1.807) is 11.3 Å². The Bertz CT molecular complexity index is 1580. The SMILES string of the molecule is Cc1ccc2nc(-c3ccc(NC(=O)COC(=O)CSc4cccc5cccc(Cl)c45)cc3)sc2c1. The molecule has 5 rings (SSSR count). The van der Waals surface area contributed by atoms with Crippen LogP contribution in [0.2, 0.25) is 5.02 Å². The van der Waals surface area contributed by atoms with Gasteiger partial charge in [0.05, 0.1) is 16.0 Å². The van der Waals surface area contributed by atoms with Crippen molar-refractivity contribution >= 4 is 73.3 Å². The van der Waals surface area contributed by atoms with Crippen molar-refractivity contribution in [3.05, 3.63) is 89.4 Å². The van der Waals surface area contributed by atoms with Crippen LogP contribution in [0, 0.1) is 6.92 Å². The van der Waals surface area contributed by atoms with E-state index in [9.17, 15) is 9.59 Å². The third kappa shape index (κ3) is 5.54. The van der Waals surface area contributed by atoms with Crippen LogP contribution in [-0.4, -0.2) is 29.2 Å². The third-order valence-electron chi connectivity index (χ3n) is 5.48. The molecule has 180 valence electrons. The second-order valence-electron chi connectivity index (χ2n) is 8.16. The minimum atomic E-state index is -0.472. The Morgan fingerprint density at radius 1 is 1.03 bits per heavy atom. The summed E-state index contributed by atoms with van der Waals surface area (Å²) in [5, 5.41) is 6.22. The van der Waals surface area contributed by atoms with Gasteiger partial charge in [0, 0.05) is 26.6 Å². The summed E-state index contributed by atoms with van der Waals surface area (Å²) < 4.78 is 6.31. The lowest BCUT2D eigenvalue weighted by Crippen LogP contribution is -2.21. The molecule has 1 N–H and O–H groups in total. The van der Waals surface area contributed by atoms with Crippen LogP contribution in [0.5, 0.6) is 0 Å². The number of aromatic nitrogens is 1. The number of thiazole rings is 1. The molecule has 1 amide bonds. The number of esters is 1. The maximum atomic E-state index is 12.3. The van der Waals surface area contributed by atoms with Gasteiger partial charge in [-0.3, -0.25) is 9.59 Å². The van der Waals surface area contributed by atoms with Crippen molar-refractivity contribution < 1.29 is 14.3 Å². The Kier molecular flexibility index (Phi) is 7.23. The van der Waals surface area contributed by atoms with E-state index in [1.807, 2.05) is 66.7 Å². The monoisotopic (exact) mass is 532 g/mol. The molecule has 0 saturated carbocycles. The van der Waals surface area contributed by atoms with Gasteiger partial charge in [-0.15, -0.1) is 23.1 Å². The molecule has 1 heterocycles. The average Bonchev–Trinajstić information content (AvgIpc) is 3.30. The van der Waals surface area contributed by atoms with Crippen molar-refractivity contribution in [3.8, 4) is 10.6 Å². The highest BCUT2D eigenvalue weighted by molar-refractivity contribution is 8.00. The molecule has 0 aliphatic rings. The van der Waals surface area contributed by atoms with Gasteiger partial charge < -0.3 is 10.1 Å². The summed E-state index contributed by atoms with van der Waals surface area (Å²) in [6.07, 6.45) is 0. The van der Waals surface area contributed by atoms with Crippen LogP contribution in [0.25, 0.3) is 31.6 Å². The smallest absolute Gasteiger partial charge is 0.316 e. The first-order valence-electron chi connectivity index (χ1n) is 11.2. The number of hydrogen-bond acceptors (Lipinski definition) is 6. The summed E-state index contributed by atoms with van der Waals surface area (Å²) in [5.74, 6) is -0.793. The lowest BCUT2D eigenvalue weighted by molar-refractivity contribution is -0.144. The van der Waals surface area contributed by atoms with Crippen molar-refractivity contribution in [3.63, 3.8) is 0 Å². The fourth-order valence-corrected chi connectivity index (χ4v) is 6.07. The second kappa shape index (κ2) is 10.7. The zero-order valence-electron chi connectivity index (χ0n) is 19.3. The minimum Gasteiger partial charge on any atom is -0.455 e. The van der Waals surface area contributed by atoms with Crippen LogP contribution in [0.1, 0.15) is 5.56 Å². The molecule has 0 saturated heterocycles. The average molecular weight is 533 g/mol. The summed E-state index contributed by atoms with van der Waals surface area (Å²) in [6.45, 7) is 1.71. The Hall–Kier alpha value is -3.39. The Balaban J connectivity index is 1.13. The fourth-order valence-electron chi connectivity index (χ4n) is 3.76. The van der Waals surface area contributed by atoms with Crippen LogP contribution in [-0.2, 0) is 14.3 Å². The number of anilines is 1. The molecule has 0 spiro atoms. The molecule has 0 radical (unpaired) electrons. The van der Waals surface area contributed by atoms with Gasteiger partial charge in [-0.25, -0.2) is 4.98 Å². The van der Waals surface area contributed by atoms with Crippen molar-refractivity contribution in [1.29, 1.82) is 0 Å². The van der Waals surface area contributed by atoms with E-state index in [2.05, 4.69) is 29.4 Å². The van der Waals surface area contributed by atoms with Gasteiger partial charge in [0.25, 0.3) is 5.91 Å². The van der Waals surface area contributed by atoms with Gasteiger partial charge >= 0.3 is 5.97 Å². The quantitative estimate of drug-likeness (QED) is 0.175. The number of carbonyl (C=O) groups excluding carboxylic acids is 2. The number of ether oxygens (including phenoxy) is 1. The molecule has 0 atom stereocenters. The summed E-state index contributed by atoms with van der Waals surface area (Å²) >= 11 is 9.31. The fraction of sp³-hybridized carbons (Fsp3) is 0.107. The van der Waals surface area contributed by atoms with E-state index in [-0.39, 0.29) is 12.4 Å². The number of rotatable bonds is 7. The number of nitrogens with one attached hydrogen (secondary N) is 1. The van der Waals surface area contributed by atoms with E-state index in [1.165, 1.54) is 17.3 Å². The van der Waals surface area contributed by atoms with Crippen LogP contribution >= 0.6 is 34.7 Å². The zero-order chi connectivity index (χ0) is 25.1. The highest BCUT2D eigenvalue weighted by atomic mass is 35.5. The number of benzene rings is 4. The number of carbonyl (C=O) groups is 2. The first-order chi connectivity index (χ1) is 17.5. The summed E-state index contributed by atoms with van der Waals surface area (Å²) in [4.78, 5) is 30.1. The first kappa shape index (κ1) is 24.3. The highest BCUT2D eigenvalue weighted by Gasteiger charge is 2.12. The third-order valence-corrected chi connectivity index (χ3v) is 7.90. The molecular formula is C28H21ClN2O3S2. The van der Waals surface area contributed by atoms with Crippen LogP contribution in [0.3, 0.4) is 0 Å². The molecular weight excluding hydrogens is 512 g/mol. The largest absolute Gasteiger partial charge is 0.455 e. The van der Waals surface area contributed by atoms with Crippen LogP contribution < -0.4 is 5.32 Å². The number of halogens is 1. The Morgan fingerprint density at radius 2 is 1.81 bits per heavy atom. The van der Waals surface area contributed by atoms with E-state index < -0.39 is 11.9 Å². The summed E-state index contributed by atoms with van der Waals surface area (Å²) in [6, 6.07) is 25.1. The Morgan fingerprint density at radius 3 is 2.61 bits per heavy atom. The molecule has 5 nitrogen and oxygen atoms in total. The maximum absolute atomic E-state index is 12.3. The van der Waals surface area contributed by atoms with Crippen molar-refractivity contribution in [2.24, 2.45) is 0 Å². The molecule has 36 heavy (non-hydrogen) atoms. The predicted molar refractivity (Wildman–Crippen MR) is 149 cm³/mol. The standard InChI is InChI=1S/C28H21ClN2O3S2/c1-17-8-13-22-24(14-17)36-28(31-22)19-9-11-20(12-10-19)30-25(32)15-34-26(33)16-35-23-7-3-5-18-4-2-6-21(29)27(18)23/h2-14H,15-16H2,1H3,(H,30,32). The van der Waals surface area contributed by atoms with Crippen LogP contribution in [0.4, 0.5) is 5.69 Å². The number of fused-ring (bicyclic) bond motifs is 2. The Labute approximate surface area is 221 Å². The normalized spacial score (nSPS) is 11.1. The zero-order valence-corrected chi connectivity index (χ0v) is 21.7. The minimum absolute atomic E-state index is 0.0774. The lowest BCUT2D eigenvalue weighted by Gasteiger charge is -2.09. The van der Waals surface area contributed by atoms with Crippen LogP contribution in [0.15, 0.2) is 83.8 Å². The van der Waals surface area contributed by atoms with E-state index in [4.69, 9.17) is 16.3 Å². The number of hydrogen-bond donors (Lipinski definition) is 1. The van der Waals surface area contributed by atoms with Gasteiger partial charge in [-0.05, 0) is 66.4 Å². The van der Waals surface area contributed by atoms with Gasteiger partial charge in [-0.2, -0.15) is 0 Å². The first-order valence-corrected chi connectivity index (χ1v) is 13.4. The molecule has 0 unspecified atom stereocenters. The van der Waals surface area contributed by atoms with Gasteiger partial charge in [0.2, 0.25) is 0 Å². The number of aryl methyl sites for hydroxylation is 1. The van der Waals surface area contributed by atoms with Gasteiger partial charge in [0.1, 0.15) is 5.01 Å². The molecule has 0 bridgehead atoms. The molecule has 0 fully saturated rings. The second-order valence-corrected chi connectivity index (χ2v) is 10.6. The highest BCUT2D eigenvalue weighted by Crippen LogP contribution is 2.33. The van der Waals surface area contributed by atoms with Crippen molar-refractivity contribution in [2.45, 2.75) is 11.8 Å². The number of thioether (sulfide) groups is 1. The van der Waals surface area contributed by atoms with Crippen molar-refractivity contribution in [1.82, 2.24) is 4.98 Å². The lowest BCUT2D eigenvalue weighted by atomic mass is 10.1. The van der Waals surface area contributed by atoms with E-state index in [0.717, 1.165) is 36.5 Å². The maximum Gasteiger partial charge on any atom is 0.316 e. The summed E-state index contributed by atoms with van der Waals surface area (Å²) in [7, 11) is 0. The molecule has 8 heteroatoms. The number of amides is 1. The topological polar surface area (TPSA) is 68.3 Å². The molecule has 5 aromatic rings. The molecule has 0 aliphatic heterocycles. The number of nitrogens with zero attached hydrogens (tertiary/aromatic N) is 1. The van der Waals surface area contributed by atoms with Gasteiger partial charge in [-0.1, -0.05) is 41.9 Å². The molecule has 1 aromatic heterocycles. The van der Waals surface area contributed by atoms with Gasteiger partial charge in [0.15, 0.2) is 6.61 Å². The molecule has 0 aliphatic carbocycles. The molecule has 4 aromatic carbocycles. The van der Waals surface area contributed by atoms with Crippen molar-refractivity contribution in [2.75, 3.05) is 17.7 Å². The van der Waals surface area contributed by atoms with E-state index >= 15 is 0 Å². The predicted octanol–water partition coefficient (Wildman–Crippen LogP) is 7.35. The summed E-state index contributed by atoms with van der Waals surface area (Å²) in [5.41, 5.74) is 3.77. The van der Waals surface area contributed by atoms with E-state index in [0.29, 0.717) is 10.7 Å².